The molecule has 0 saturated carbocycles. The van der Waals surface area contributed by atoms with Crippen molar-refractivity contribution in [2.75, 3.05) is 25.5 Å². The molecule has 0 radical (unpaired) electrons. The first-order chi connectivity index (χ1) is 17.0. The average Bonchev–Trinajstić information content (AvgIpc) is 3.64. The molecular weight excluding hydrogens is 484 g/mol. The largest absolute Gasteiger partial charge is 0.480 e. The number of rotatable bonds is 7. The summed E-state index contributed by atoms with van der Waals surface area (Å²) in [5, 5.41) is 6.70. The van der Waals surface area contributed by atoms with Gasteiger partial charge >= 0.3 is 0 Å². The molecule has 3 aromatic heterocycles. The standard InChI is InChI=1S/C25H22N4O4S2/c1-33-23-18(24(32)29-9-7-16(13-29)11-15-5-3-2-4-6-15)12-17-19(27-23)14-35-21(17)20(30)22(31)28-25-26-8-10-34-25/h2-6,8,10,12,14,16H,7,9,11,13H2,1H3,(H,26,28,31). The van der Waals surface area contributed by atoms with Crippen LogP contribution in [0, 0.1) is 5.92 Å². The van der Waals surface area contributed by atoms with Crippen LogP contribution in [-0.2, 0) is 11.2 Å². The summed E-state index contributed by atoms with van der Waals surface area (Å²) in [7, 11) is 1.47. The predicted octanol–water partition coefficient (Wildman–Crippen LogP) is 4.29. The van der Waals surface area contributed by atoms with Gasteiger partial charge < -0.3 is 9.64 Å². The van der Waals surface area contributed by atoms with Gasteiger partial charge in [-0.1, -0.05) is 30.3 Å². The number of pyridine rings is 1. The van der Waals surface area contributed by atoms with Crippen LogP contribution in [0.5, 0.6) is 5.88 Å². The van der Waals surface area contributed by atoms with E-state index in [1.807, 2.05) is 23.1 Å². The number of hydrogen-bond acceptors (Lipinski definition) is 8. The Labute approximate surface area is 209 Å². The predicted molar refractivity (Wildman–Crippen MR) is 135 cm³/mol. The number of nitrogens with one attached hydrogen (secondary N) is 1. The van der Waals surface area contributed by atoms with Crippen LogP contribution in [0.4, 0.5) is 5.13 Å². The first-order valence-electron chi connectivity index (χ1n) is 11.1. The molecule has 1 atom stereocenters. The van der Waals surface area contributed by atoms with E-state index in [1.54, 1.807) is 23.0 Å². The van der Waals surface area contributed by atoms with Crippen molar-refractivity contribution in [3.8, 4) is 5.88 Å². The highest BCUT2D eigenvalue weighted by Gasteiger charge is 2.30. The third kappa shape index (κ3) is 4.80. The molecule has 1 aromatic carbocycles. The zero-order chi connectivity index (χ0) is 24.4. The first-order valence-corrected chi connectivity index (χ1v) is 12.8. The van der Waals surface area contributed by atoms with Crippen molar-refractivity contribution in [3.05, 3.63) is 69.4 Å². The van der Waals surface area contributed by atoms with Crippen molar-refractivity contribution in [3.63, 3.8) is 0 Å². The summed E-state index contributed by atoms with van der Waals surface area (Å²) in [4.78, 5) is 49.3. The lowest BCUT2D eigenvalue weighted by atomic mass is 9.99. The van der Waals surface area contributed by atoms with Crippen LogP contribution in [0.25, 0.3) is 10.9 Å². The van der Waals surface area contributed by atoms with E-state index in [1.165, 1.54) is 24.0 Å². The lowest BCUT2D eigenvalue weighted by Gasteiger charge is -2.18. The fraction of sp³-hybridized carbons (Fsp3) is 0.240. The van der Waals surface area contributed by atoms with Gasteiger partial charge in [-0.15, -0.1) is 22.7 Å². The van der Waals surface area contributed by atoms with Crippen LogP contribution in [0.2, 0.25) is 0 Å². The molecule has 1 unspecified atom stereocenters. The number of aromatic nitrogens is 2. The number of hydrogen-bond donors (Lipinski definition) is 1. The maximum Gasteiger partial charge on any atom is 0.299 e. The number of carbonyl (C=O) groups excluding carboxylic acids is 3. The van der Waals surface area contributed by atoms with E-state index >= 15 is 0 Å². The van der Waals surface area contributed by atoms with E-state index < -0.39 is 11.7 Å². The van der Waals surface area contributed by atoms with Crippen molar-refractivity contribution in [1.82, 2.24) is 14.9 Å². The van der Waals surface area contributed by atoms with Crippen LogP contribution >= 0.6 is 22.7 Å². The van der Waals surface area contributed by atoms with Crippen LogP contribution < -0.4 is 10.1 Å². The summed E-state index contributed by atoms with van der Waals surface area (Å²) in [6.07, 6.45) is 3.37. The number of Topliss-reactive ketones (excluding diaryl/α,β-unsaturated/α-hetero) is 1. The molecule has 0 spiro atoms. The van der Waals surface area contributed by atoms with Crippen LogP contribution in [-0.4, -0.2) is 52.7 Å². The van der Waals surface area contributed by atoms with Gasteiger partial charge in [0.1, 0.15) is 5.56 Å². The summed E-state index contributed by atoms with van der Waals surface area (Å²) in [5.74, 6) is -1.09. The molecule has 10 heteroatoms. The van der Waals surface area contributed by atoms with Crippen LogP contribution in [0.1, 0.15) is 32.0 Å². The molecule has 4 heterocycles. The zero-order valence-corrected chi connectivity index (χ0v) is 20.5. The number of thiophene rings is 1. The molecule has 0 bridgehead atoms. The lowest BCUT2D eigenvalue weighted by molar-refractivity contribution is -0.112. The van der Waals surface area contributed by atoms with Crippen molar-refractivity contribution in [2.24, 2.45) is 5.92 Å². The quantitative estimate of drug-likeness (QED) is 0.296. The van der Waals surface area contributed by atoms with Crippen molar-refractivity contribution in [2.45, 2.75) is 12.8 Å². The number of thiazole rings is 1. The van der Waals surface area contributed by atoms with E-state index in [0.29, 0.717) is 35.0 Å². The molecule has 8 nitrogen and oxygen atoms in total. The van der Waals surface area contributed by atoms with Gasteiger partial charge in [0, 0.05) is 35.4 Å². The van der Waals surface area contributed by atoms with Gasteiger partial charge in [-0.05, 0) is 30.4 Å². The topological polar surface area (TPSA) is 101 Å². The summed E-state index contributed by atoms with van der Waals surface area (Å²) in [6, 6.07) is 11.9. The molecule has 35 heavy (non-hydrogen) atoms. The Bertz CT molecular complexity index is 1390. The second-order valence-corrected chi connectivity index (χ2v) is 10.0. The molecule has 1 saturated heterocycles. The SMILES string of the molecule is COc1nc2csc(C(=O)C(=O)Nc3nccs3)c2cc1C(=O)N1CCC(Cc2ccccc2)C1. The Hall–Kier alpha value is -3.63. The molecule has 0 aliphatic carbocycles. The molecule has 1 aliphatic heterocycles. The highest BCUT2D eigenvalue weighted by atomic mass is 32.1. The summed E-state index contributed by atoms with van der Waals surface area (Å²) < 4.78 is 5.42. The van der Waals surface area contributed by atoms with Crippen molar-refractivity contribution in [1.29, 1.82) is 0 Å². The van der Waals surface area contributed by atoms with E-state index in [2.05, 4.69) is 27.4 Å². The maximum atomic E-state index is 13.5. The average molecular weight is 507 g/mol. The number of anilines is 1. The van der Waals surface area contributed by atoms with E-state index in [4.69, 9.17) is 4.74 Å². The fourth-order valence-electron chi connectivity index (χ4n) is 4.29. The van der Waals surface area contributed by atoms with E-state index in [9.17, 15) is 14.4 Å². The number of benzene rings is 1. The number of ether oxygens (including phenoxy) is 1. The van der Waals surface area contributed by atoms with E-state index in [0.717, 1.165) is 24.2 Å². The summed E-state index contributed by atoms with van der Waals surface area (Å²) >= 11 is 2.34. The van der Waals surface area contributed by atoms with E-state index in [-0.39, 0.29) is 22.2 Å². The Morgan fingerprint density at radius 2 is 2.03 bits per heavy atom. The second-order valence-electron chi connectivity index (χ2n) is 8.26. The molecule has 1 N–H and O–H groups in total. The molecule has 1 aliphatic rings. The highest BCUT2D eigenvalue weighted by molar-refractivity contribution is 7.15. The normalized spacial score (nSPS) is 15.3. The third-order valence-corrected chi connectivity index (χ3v) is 7.65. The molecule has 178 valence electrons. The first kappa shape index (κ1) is 23.1. The van der Waals surface area contributed by atoms with Gasteiger partial charge in [0.15, 0.2) is 5.13 Å². The van der Waals surface area contributed by atoms with Gasteiger partial charge in [0.2, 0.25) is 5.88 Å². The fourth-order valence-corrected chi connectivity index (χ4v) is 5.71. The number of methoxy groups -OCH3 is 1. The molecule has 4 aromatic rings. The summed E-state index contributed by atoms with van der Waals surface area (Å²) in [5.41, 5.74) is 2.04. The number of amides is 2. The Morgan fingerprint density at radius 1 is 1.20 bits per heavy atom. The number of nitrogens with zero attached hydrogens (tertiary/aromatic N) is 3. The smallest absolute Gasteiger partial charge is 0.299 e. The highest BCUT2D eigenvalue weighted by Crippen LogP contribution is 2.32. The molecular formula is C25H22N4O4S2. The third-order valence-electron chi connectivity index (χ3n) is 5.98. The monoisotopic (exact) mass is 506 g/mol. The summed E-state index contributed by atoms with van der Waals surface area (Å²) in [6.45, 7) is 1.28. The minimum absolute atomic E-state index is 0.191. The van der Waals surface area contributed by atoms with Gasteiger partial charge in [-0.25, -0.2) is 9.97 Å². The molecule has 5 rings (SSSR count). The van der Waals surface area contributed by atoms with Crippen molar-refractivity contribution < 1.29 is 19.1 Å². The van der Waals surface area contributed by atoms with Gasteiger partial charge in [-0.2, -0.15) is 0 Å². The Morgan fingerprint density at radius 3 is 2.77 bits per heavy atom. The Kier molecular flexibility index (Phi) is 6.56. The lowest BCUT2D eigenvalue weighted by Crippen LogP contribution is -2.29. The number of ketones is 1. The molecule has 2 amide bonds. The van der Waals surface area contributed by atoms with Gasteiger partial charge in [0.25, 0.3) is 17.6 Å². The van der Waals surface area contributed by atoms with Gasteiger partial charge in [0.05, 0.1) is 17.5 Å². The van der Waals surface area contributed by atoms with Crippen LogP contribution in [0.3, 0.4) is 0 Å². The number of likely N-dealkylation sites (tertiary alicyclic amines) is 1. The van der Waals surface area contributed by atoms with Gasteiger partial charge in [-0.3, -0.25) is 19.7 Å². The molecule has 1 fully saturated rings. The minimum Gasteiger partial charge on any atom is -0.480 e. The second kappa shape index (κ2) is 9.93. The minimum atomic E-state index is -0.782. The number of fused-ring (bicyclic) bond motifs is 1. The van der Waals surface area contributed by atoms with Crippen LogP contribution in [0.15, 0.2) is 53.4 Å². The zero-order valence-electron chi connectivity index (χ0n) is 18.9. The maximum absolute atomic E-state index is 13.5. The van der Waals surface area contributed by atoms with Crippen molar-refractivity contribution >= 4 is 56.3 Å². The Balaban J connectivity index is 1.38. The number of carbonyl (C=O) groups is 3.